The smallest absolute Gasteiger partial charge is 0.409 e. The van der Waals surface area contributed by atoms with E-state index in [1.54, 1.807) is 26.0 Å². The molecule has 1 amide bonds. The van der Waals surface area contributed by atoms with Crippen molar-refractivity contribution in [2.75, 3.05) is 5.32 Å². The summed E-state index contributed by atoms with van der Waals surface area (Å²) in [6, 6.07) is 3.40. The topological polar surface area (TPSA) is 137 Å². The van der Waals surface area contributed by atoms with Crippen LogP contribution < -0.4 is 5.32 Å². The van der Waals surface area contributed by atoms with Gasteiger partial charge in [0, 0.05) is 10.6 Å². The molecule has 0 fully saturated rings. The minimum Gasteiger partial charge on any atom is -0.465 e. The number of rotatable bonds is 4. The summed E-state index contributed by atoms with van der Waals surface area (Å²) in [7, 11) is 0. The van der Waals surface area contributed by atoms with E-state index in [1.807, 2.05) is 0 Å². The SMILES string of the molecule is Cc1nc(-c2onc(C)c2NC(=O)O)ccc1CN=[N+]=[N-]. The lowest BCUT2D eigenvalue weighted by molar-refractivity contribution is 0.209. The van der Waals surface area contributed by atoms with Gasteiger partial charge in [-0.2, -0.15) is 0 Å². The predicted molar refractivity (Wildman–Crippen MR) is 73.7 cm³/mol. The molecule has 0 bridgehead atoms. The van der Waals surface area contributed by atoms with Crippen LogP contribution >= 0.6 is 0 Å². The molecule has 2 heterocycles. The summed E-state index contributed by atoms with van der Waals surface area (Å²) < 4.78 is 5.14. The number of amides is 1. The minimum absolute atomic E-state index is 0.200. The van der Waals surface area contributed by atoms with Crippen LogP contribution in [-0.4, -0.2) is 21.3 Å². The van der Waals surface area contributed by atoms with Gasteiger partial charge in [0.25, 0.3) is 0 Å². The number of hydrogen-bond donors (Lipinski definition) is 2. The number of aromatic nitrogens is 2. The summed E-state index contributed by atoms with van der Waals surface area (Å²) >= 11 is 0. The first kappa shape index (κ1) is 14.4. The van der Waals surface area contributed by atoms with E-state index in [9.17, 15) is 4.79 Å². The van der Waals surface area contributed by atoms with Crippen molar-refractivity contribution in [2.45, 2.75) is 20.4 Å². The molecule has 9 heteroatoms. The molecule has 0 aliphatic rings. The lowest BCUT2D eigenvalue weighted by atomic mass is 10.1. The molecule has 0 saturated carbocycles. The van der Waals surface area contributed by atoms with E-state index in [1.165, 1.54) is 0 Å². The van der Waals surface area contributed by atoms with E-state index in [-0.39, 0.29) is 18.0 Å². The molecule has 21 heavy (non-hydrogen) atoms. The van der Waals surface area contributed by atoms with Crippen LogP contribution in [0.3, 0.4) is 0 Å². The first-order chi connectivity index (χ1) is 10.0. The van der Waals surface area contributed by atoms with E-state index in [0.717, 1.165) is 5.56 Å². The van der Waals surface area contributed by atoms with Crippen LogP contribution in [0.4, 0.5) is 10.5 Å². The van der Waals surface area contributed by atoms with Crippen LogP contribution in [-0.2, 0) is 6.54 Å². The predicted octanol–water partition coefficient (Wildman–Crippen LogP) is 3.25. The molecule has 0 unspecified atom stereocenters. The average Bonchev–Trinajstić information content (AvgIpc) is 2.78. The van der Waals surface area contributed by atoms with Gasteiger partial charge in [-0.25, -0.2) is 9.78 Å². The second-order valence-electron chi connectivity index (χ2n) is 4.23. The molecule has 108 valence electrons. The summed E-state index contributed by atoms with van der Waals surface area (Å²) in [6.45, 7) is 3.59. The Bertz CT molecular complexity index is 733. The highest BCUT2D eigenvalue weighted by Gasteiger charge is 2.18. The number of hydrogen-bond acceptors (Lipinski definition) is 5. The standard InChI is InChI=1S/C12H12N6O3/c1-6-8(5-14-18-13)3-4-9(15-6)11-10(16-12(19)20)7(2)17-21-11/h3-4,16H,5H2,1-2H3,(H,19,20). The number of pyridine rings is 1. The highest BCUT2D eigenvalue weighted by atomic mass is 16.5. The molecule has 2 rings (SSSR count). The summed E-state index contributed by atoms with van der Waals surface area (Å²) in [5.74, 6) is 0.244. The Balaban J connectivity index is 2.41. The molecular formula is C12H12N6O3. The molecule has 0 spiro atoms. The first-order valence-electron chi connectivity index (χ1n) is 5.97. The van der Waals surface area contributed by atoms with E-state index in [0.29, 0.717) is 17.1 Å². The molecule has 2 N–H and O–H groups in total. The molecular weight excluding hydrogens is 276 g/mol. The monoisotopic (exact) mass is 288 g/mol. The second kappa shape index (κ2) is 5.93. The molecule has 0 atom stereocenters. The Morgan fingerprint density at radius 3 is 2.86 bits per heavy atom. The van der Waals surface area contributed by atoms with E-state index in [4.69, 9.17) is 15.2 Å². The van der Waals surface area contributed by atoms with Crippen LogP contribution in [0.5, 0.6) is 0 Å². The van der Waals surface area contributed by atoms with Gasteiger partial charge in [0.15, 0.2) is 0 Å². The zero-order valence-electron chi connectivity index (χ0n) is 11.4. The van der Waals surface area contributed by atoms with E-state index in [2.05, 4.69) is 25.5 Å². The van der Waals surface area contributed by atoms with Crippen LogP contribution in [0, 0.1) is 13.8 Å². The zero-order valence-corrected chi connectivity index (χ0v) is 11.4. The molecule has 0 aromatic carbocycles. The normalized spacial score (nSPS) is 10.0. The number of nitrogens with one attached hydrogen (secondary N) is 1. The third kappa shape index (κ3) is 3.10. The minimum atomic E-state index is -1.21. The van der Waals surface area contributed by atoms with Crippen molar-refractivity contribution in [3.05, 3.63) is 39.5 Å². The van der Waals surface area contributed by atoms with Gasteiger partial charge in [-0.3, -0.25) is 5.32 Å². The summed E-state index contributed by atoms with van der Waals surface area (Å²) in [5, 5.41) is 18.3. The van der Waals surface area contributed by atoms with Gasteiger partial charge >= 0.3 is 6.09 Å². The fourth-order valence-corrected chi connectivity index (χ4v) is 1.79. The maximum Gasteiger partial charge on any atom is 0.409 e. The number of azide groups is 1. The van der Waals surface area contributed by atoms with Gasteiger partial charge in [-0.15, -0.1) is 0 Å². The van der Waals surface area contributed by atoms with Crippen molar-refractivity contribution in [3.8, 4) is 11.5 Å². The van der Waals surface area contributed by atoms with E-state index < -0.39 is 6.09 Å². The molecule has 0 saturated heterocycles. The number of carbonyl (C=O) groups is 1. The van der Waals surface area contributed by atoms with Crippen molar-refractivity contribution < 1.29 is 14.4 Å². The van der Waals surface area contributed by atoms with Crippen molar-refractivity contribution in [1.82, 2.24) is 10.1 Å². The largest absolute Gasteiger partial charge is 0.465 e. The average molecular weight is 288 g/mol. The maximum atomic E-state index is 10.8. The van der Waals surface area contributed by atoms with Crippen molar-refractivity contribution in [1.29, 1.82) is 0 Å². The molecule has 0 aliphatic carbocycles. The van der Waals surface area contributed by atoms with Crippen molar-refractivity contribution >= 4 is 11.8 Å². The highest BCUT2D eigenvalue weighted by Crippen LogP contribution is 2.30. The van der Waals surface area contributed by atoms with Crippen LogP contribution in [0.1, 0.15) is 17.0 Å². The number of nitrogens with zero attached hydrogens (tertiary/aromatic N) is 5. The molecule has 0 aliphatic heterocycles. The number of anilines is 1. The number of carboxylic acid groups (broad SMARTS) is 1. The summed E-state index contributed by atoms with van der Waals surface area (Å²) in [4.78, 5) is 17.8. The van der Waals surface area contributed by atoms with Crippen LogP contribution in [0.25, 0.3) is 21.9 Å². The third-order valence-electron chi connectivity index (χ3n) is 2.83. The molecule has 2 aromatic rings. The fourth-order valence-electron chi connectivity index (χ4n) is 1.79. The Morgan fingerprint density at radius 2 is 2.24 bits per heavy atom. The Hall–Kier alpha value is -3.06. The lowest BCUT2D eigenvalue weighted by Gasteiger charge is -2.05. The third-order valence-corrected chi connectivity index (χ3v) is 2.83. The van der Waals surface area contributed by atoms with Crippen LogP contribution in [0.2, 0.25) is 0 Å². The quantitative estimate of drug-likeness (QED) is 0.505. The number of aryl methyl sites for hydroxylation is 2. The van der Waals surface area contributed by atoms with Crippen molar-refractivity contribution in [2.24, 2.45) is 5.11 Å². The summed E-state index contributed by atoms with van der Waals surface area (Å²) in [5.41, 5.74) is 10.9. The Kier molecular flexibility index (Phi) is 4.05. The lowest BCUT2D eigenvalue weighted by Crippen LogP contribution is -2.08. The van der Waals surface area contributed by atoms with E-state index >= 15 is 0 Å². The summed E-state index contributed by atoms with van der Waals surface area (Å²) in [6.07, 6.45) is -1.21. The first-order valence-corrected chi connectivity index (χ1v) is 5.97. The van der Waals surface area contributed by atoms with Gasteiger partial charge in [0.05, 0.1) is 6.54 Å². The van der Waals surface area contributed by atoms with Gasteiger partial charge in [0.1, 0.15) is 17.1 Å². The molecule has 9 nitrogen and oxygen atoms in total. The molecule has 0 radical (unpaired) electrons. The van der Waals surface area contributed by atoms with Gasteiger partial charge in [0.2, 0.25) is 5.76 Å². The van der Waals surface area contributed by atoms with Gasteiger partial charge < -0.3 is 9.63 Å². The Morgan fingerprint density at radius 1 is 1.48 bits per heavy atom. The van der Waals surface area contributed by atoms with Gasteiger partial charge in [-0.1, -0.05) is 16.3 Å². The maximum absolute atomic E-state index is 10.8. The fraction of sp³-hybridized carbons (Fsp3) is 0.250. The second-order valence-corrected chi connectivity index (χ2v) is 4.23. The highest BCUT2D eigenvalue weighted by molar-refractivity contribution is 5.88. The zero-order chi connectivity index (χ0) is 15.4. The van der Waals surface area contributed by atoms with Crippen molar-refractivity contribution in [3.63, 3.8) is 0 Å². The van der Waals surface area contributed by atoms with Crippen LogP contribution in [0.15, 0.2) is 21.8 Å². The molecule has 2 aromatic heterocycles. The Labute approximate surface area is 119 Å². The van der Waals surface area contributed by atoms with Gasteiger partial charge in [-0.05, 0) is 31.0 Å².